The fourth-order valence-corrected chi connectivity index (χ4v) is 2.07. The molecule has 1 aromatic heterocycles. The Morgan fingerprint density at radius 2 is 2.06 bits per heavy atom. The summed E-state index contributed by atoms with van der Waals surface area (Å²) < 4.78 is 1.49. The van der Waals surface area contributed by atoms with Crippen molar-refractivity contribution in [2.75, 3.05) is 50.5 Å². The molecule has 7 nitrogen and oxygen atoms in total. The molecule has 2 heterocycles. The van der Waals surface area contributed by atoms with Crippen LogP contribution in [0, 0.1) is 11.3 Å². The number of piperazine rings is 1. The number of likely N-dealkylation sites (N-methyl/N-ethyl adjacent to an activating group) is 1. The first-order valence-electron chi connectivity index (χ1n) is 5.98. The maximum atomic E-state index is 9.18. The number of nitrogen functional groups attached to an aromatic ring is 1. The first-order valence-corrected chi connectivity index (χ1v) is 5.98. The number of anilines is 2. The van der Waals surface area contributed by atoms with Gasteiger partial charge in [-0.2, -0.15) is 10.4 Å². The van der Waals surface area contributed by atoms with Crippen LogP contribution in [0.1, 0.15) is 5.56 Å². The number of nitrogens with two attached hydrogens (primary N) is 1. The Kier molecular flexibility index (Phi) is 3.69. The number of rotatable bonds is 3. The van der Waals surface area contributed by atoms with E-state index in [4.69, 9.17) is 10.8 Å². The molecule has 0 spiro atoms. The Morgan fingerprint density at radius 1 is 1.39 bits per heavy atom. The highest BCUT2D eigenvalue weighted by Gasteiger charge is 2.23. The molecule has 7 heteroatoms. The van der Waals surface area contributed by atoms with Gasteiger partial charge in [0.05, 0.1) is 13.2 Å². The van der Waals surface area contributed by atoms with E-state index in [0.29, 0.717) is 23.7 Å². The minimum Gasteiger partial charge on any atom is -0.394 e. The van der Waals surface area contributed by atoms with E-state index >= 15 is 0 Å². The third-order valence-electron chi connectivity index (χ3n) is 3.20. The van der Waals surface area contributed by atoms with Gasteiger partial charge in [0.15, 0.2) is 5.82 Å². The van der Waals surface area contributed by atoms with Gasteiger partial charge in [0.25, 0.3) is 0 Å². The molecule has 1 fully saturated rings. The van der Waals surface area contributed by atoms with Gasteiger partial charge < -0.3 is 20.6 Å². The zero-order valence-corrected chi connectivity index (χ0v) is 10.5. The summed E-state index contributed by atoms with van der Waals surface area (Å²) in [6, 6.07) is 2.11. The molecule has 1 aliphatic rings. The summed E-state index contributed by atoms with van der Waals surface area (Å²) in [6.07, 6.45) is 0. The predicted molar refractivity (Wildman–Crippen MR) is 68.2 cm³/mol. The first-order chi connectivity index (χ1) is 8.67. The summed E-state index contributed by atoms with van der Waals surface area (Å²) in [5, 5.41) is 22.5. The Hall–Kier alpha value is -1.78. The van der Waals surface area contributed by atoms with Gasteiger partial charge in [-0.05, 0) is 7.05 Å². The van der Waals surface area contributed by atoms with E-state index < -0.39 is 0 Å². The highest BCUT2D eigenvalue weighted by atomic mass is 16.3. The molecule has 0 radical (unpaired) electrons. The molecule has 18 heavy (non-hydrogen) atoms. The Morgan fingerprint density at radius 3 is 2.61 bits per heavy atom. The van der Waals surface area contributed by atoms with Crippen molar-refractivity contribution < 1.29 is 5.11 Å². The summed E-state index contributed by atoms with van der Waals surface area (Å²) in [4.78, 5) is 4.30. The van der Waals surface area contributed by atoms with Crippen molar-refractivity contribution in [3.8, 4) is 6.07 Å². The van der Waals surface area contributed by atoms with Crippen molar-refractivity contribution in [1.82, 2.24) is 14.7 Å². The lowest BCUT2D eigenvalue weighted by atomic mass is 10.2. The van der Waals surface area contributed by atoms with Crippen LogP contribution in [0.5, 0.6) is 0 Å². The molecule has 0 bridgehead atoms. The highest BCUT2D eigenvalue weighted by molar-refractivity contribution is 5.65. The molecule has 1 aromatic rings. The molecular weight excluding hydrogens is 232 g/mol. The van der Waals surface area contributed by atoms with E-state index in [1.807, 2.05) is 0 Å². The van der Waals surface area contributed by atoms with Gasteiger partial charge in [-0.25, -0.2) is 4.68 Å². The van der Waals surface area contributed by atoms with Crippen LogP contribution in [0.3, 0.4) is 0 Å². The largest absolute Gasteiger partial charge is 0.394 e. The molecule has 3 N–H and O–H groups in total. The summed E-state index contributed by atoms with van der Waals surface area (Å²) in [6.45, 7) is 3.82. The van der Waals surface area contributed by atoms with Crippen LogP contribution in [0.2, 0.25) is 0 Å². The molecule has 0 aromatic carbocycles. The number of hydrogen-bond donors (Lipinski definition) is 2. The van der Waals surface area contributed by atoms with Crippen molar-refractivity contribution >= 4 is 11.6 Å². The third kappa shape index (κ3) is 2.25. The van der Waals surface area contributed by atoms with Crippen molar-refractivity contribution in [2.45, 2.75) is 6.54 Å². The van der Waals surface area contributed by atoms with Crippen LogP contribution in [-0.4, -0.2) is 59.6 Å². The lowest BCUT2D eigenvalue weighted by Crippen LogP contribution is -2.45. The van der Waals surface area contributed by atoms with Crippen molar-refractivity contribution in [2.24, 2.45) is 0 Å². The number of aromatic nitrogens is 2. The van der Waals surface area contributed by atoms with Crippen LogP contribution < -0.4 is 10.6 Å². The highest BCUT2D eigenvalue weighted by Crippen LogP contribution is 2.25. The fraction of sp³-hybridized carbons (Fsp3) is 0.636. The number of nitriles is 1. The lowest BCUT2D eigenvalue weighted by molar-refractivity contribution is 0.270. The molecule has 0 aliphatic carbocycles. The molecule has 0 unspecified atom stereocenters. The SMILES string of the molecule is CN1CCN(c2nn(CCO)c(N)c2C#N)CC1. The van der Waals surface area contributed by atoms with E-state index in [1.165, 1.54) is 4.68 Å². The summed E-state index contributed by atoms with van der Waals surface area (Å²) in [7, 11) is 2.07. The van der Waals surface area contributed by atoms with Gasteiger partial charge >= 0.3 is 0 Å². The standard InChI is InChI=1S/C11H18N6O/c1-15-2-4-16(5-3-15)11-9(8-12)10(13)17(14-11)6-7-18/h18H,2-7,13H2,1H3. The second-order valence-electron chi connectivity index (χ2n) is 4.43. The molecule has 0 atom stereocenters. The number of hydrogen-bond acceptors (Lipinski definition) is 6. The lowest BCUT2D eigenvalue weighted by Gasteiger charge is -2.32. The smallest absolute Gasteiger partial charge is 0.171 e. The summed E-state index contributed by atoms with van der Waals surface area (Å²) >= 11 is 0. The molecular formula is C11H18N6O. The van der Waals surface area contributed by atoms with Crippen LogP contribution >= 0.6 is 0 Å². The van der Waals surface area contributed by atoms with Crippen LogP contribution in [0.4, 0.5) is 11.6 Å². The summed E-state index contributed by atoms with van der Waals surface area (Å²) in [5.74, 6) is 0.969. The maximum Gasteiger partial charge on any atom is 0.171 e. The van der Waals surface area contributed by atoms with Gasteiger partial charge in [0.1, 0.15) is 17.5 Å². The van der Waals surface area contributed by atoms with Crippen LogP contribution in [0.15, 0.2) is 0 Å². The molecule has 1 aliphatic heterocycles. The first kappa shape index (κ1) is 12.7. The average molecular weight is 250 g/mol. The van der Waals surface area contributed by atoms with E-state index in [9.17, 15) is 5.26 Å². The van der Waals surface area contributed by atoms with Gasteiger partial charge in [-0.3, -0.25) is 0 Å². The third-order valence-corrected chi connectivity index (χ3v) is 3.20. The molecule has 0 saturated carbocycles. The minimum absolute atomic E-state index is 0.0427. The van der Waals surface area contributed by atoms with Crippen LogP contribution in [0.25, 0.3) is 0 Å². The molecule has 1 saturated heterocycles. The number of aliphatic hydroxyl groups excluding tert-OH is 1. The second kappa shape index (κ2) is 5.25. The zero-order chi connectivity index (χ0) is 13.1. The van der Waals surface area contributed by atoms with Crippen molar-refractivity contribution in [3.05, 3.63) is 5.56 Å². The van der Waals surface area contributed by atoms with Crippen LogP contribution in [-0.2, 0) is 6.54 Å². The average Bonchev–Trinajstić information content (AvgIpc) is 2.68. The van der Waals surface area contributed by atoms with E-state index in [1.54, 1.807) is 0 Å². The van der Waals surface area contributed by atoms with Crippen molar-refractivity contribution in [3.63, 3.8) is 0 Å². The second-order valence-corrected chi connectivity index (χ2v) is 4.43. The Bertz CT molecular complexity index is 455. The van der Waals surface area contributed by atoms with E-state index in [-0.39, 0.29) is 6.61 Å². The Labute approximate surface area is 106 Å². The number of nitrogens with zero attached hydrogens (tertiary/aromatic N) is 5. The summed E-state index contributed by atoms with van der Waals surface area (Å²) in [5.41, 5.74) is 6.27. The fourth-order valence-electron chi connectivity index (χ4n) is 2.07. The van der Waals surface area contributed by atoms with Crippen molar-refractivity contribution in [1.29, 1.82) is 5.26 Å². The normalized spacial score (nSPS) is 16.8. The minimum atomic E-state index is -0.0427. The van der Waals surface area contributed by atoms with Gasteiger partial charge in [0, 0.05) is 26.2 Å². The Balaban J connectivity index is 2.27. The molecule has 2 rings (SSSR count). The molecule has 98 valence electrons. The predicted octanol–water partition coefficient (Wildman–Crippen LogP) is -0.919. The van der Waals surface area contributed by atoms with Gasteiger partial charge in [-0.1, -0.05) is 0 Å². The topological polar surface area (TPSA) is 94.3 Å². The molecule has 0 amide bonds. The number of aliphatic hydroxyl groups is 1. The van der Waals surface area contributed by atoms with Gasteiger partial charge in [0.2, 0.25) is 0 Å². The van der Waals surface area contributed by atoms with E-state index in [0.717, 1.165) is 26.2 Å². The maximum absolute atomic E-state index is 9.18. The quantitative estimate of drug-likeness (QED) is 0.720. The van der Waals surface area contributed by atoms with Gasteiger partial charge in [-0.15, -0.1) is 0 Å². The van der Waals surface area contributed by atoms with E-state index in [2.05, 4.69) is 28.0 Å². The monoisotopic (exact) mass is 250 g/mol. The zero-order valence-electron chi connectivity index (χ0n) is 10.5.